The first-order valence-corrected chi connectivity index (χ1v) is 14.5. The number of nitrogens with one attached hydrogen (secondary N) is 3. The van der Waals surface area contributed by atoms with E-state index in [0.717, 1.165) is 5.56 Å². The molecule has 3 amide bonds. The van der Waals surface area contributed by atoms with E-state index in [1.807, 2.05) is 12.3 Å². The maximum atomic E-state index is 13.3. The molecule has 14 heteroatoms. The second kappa shape index (κ2) is 16.2. The number of ether oxygens (including phenoxy) is 4. The fourth-order valence-electron chi connectivity index (χ4n) is 4.24. The Hall–Kier alpha value is -6.70. The predicted molar refractivity (Wildman–Crippen MR) is 173 cm³/mol. The lowest BCUT2D eigenvalue weighted by Gasteiger charge is -2.23. The standard InChI is InChI=1S/C35H31N3O11/c1-20-10-12-21(13-11-20)30(39)36-25-16-14-22(15-17-25)31(40)37-38-32(41)28(48-34(44)23-6-4-8-26(18-23)46-2)29(33(42)43)49-35(45)24-7-5-9-27(19-24)47-3/h4-19,28-29H,1-3H3,(H,36,39)(H,37,40)(H,38,41)(H,42,43)/t28-,29+/m0/s1. The lowest BCUT2D eigenvalue weighted by atomic mass is 10.1. The molecule has 0 spiro atoms. The van der Waals surface area contributed by atoms with Crippen molar-refractivity contribution in [1.82, 2.24) is 10.9 Å². The Balaban J connectivity index is 1.49. The van der Waals surface area contributed by atoms with Gasteiger partial charge in [-0.05, 0) is 79.7 Å². The van der Waals surface area contributed by atoms with Crippen LogP contribution in [0.3, 0.4) is 0 Å². The molecule has 0 bridgehead atoms. The second-order valence-corrected chi connectivity index (χ2v) is 10.3. The molecule has 0 saturated heterocycles. The van der Waals surface area contributed by atoms with Crippen LogP contribution in [-0.2, 0) is 19.1 Å². The van der Waals surface area contributed by atoms with Crippen LogP contribution >= 0.6 is 0 Å². The lowest BCUT2D eigenvalue weighted by molar-refractivity contribution is -0.159. The van der Waals surface area contributed by atoms with Gasteiger partial charge in [0.15, 0.2) is 0 Å². The summed E-state index contributed by atoms with van der Waals surface area (Å²) >= 11 is 0. The van der Waals surface area contributed by atoms with E-state index in [-0.39, 0.29) is 34.1 Å². The second-order valence-electron chi connectivity index (χ2n) is 10.3. The van der Waals surface area contributed by atoms with Crippen LogP contribution in [0.1, 0.15) is 47.0 Å². The smallest absolute Gasteiger partial charge is 0.349 e. The minimum Gasteiger partial charge on any atom is -0.497 e. The van der Waals surface area contributed by atoms with Crippen molar-refractivity contribution in [2.45, 2.75) is 19.1 Å². The summed E-state index contributed by atoms with van der Waals surface area (Å²) < 4.78 is 20.6. The number of aryl methyl sites for hydroxylation is 1. The molecule has 0 saturated carbocycles. The highest BCUT2D eigenvalue weighted by Crippen LogP contribution is 2.19. The third kappa shape index (κ3) is 9.42. The molecule has 0 fully saturated rings. The maximum absolute atomic E-state index is 13.3. The van der Waals surface area contributed by atoms with Gasteiger partial charge in [0.1, 0.15) is 11.5 Å². The third-order valence-electron chi connectivity index (χ3n) is 6.87. The van der Waals surface area contributed by atoms with E-state index in [0.29, 0.717) is 11.3 Å². The number of rotatable bonds is 12. The molecule has 0 aliphatic heterocycles. The number of carbonyl (C=O) groups is 6. The Bertz CT molecular complexity index is 1860. The van der Waals surface area contributed by atoms with Crippen molar-refractivity contribution in [3.05, 3.63) is 125 Å². The summed E-state index contributed by atoms with van der Waals surface area (Å²) in [6, 6.07) is 23.8. The minimum atomic E-state index is -2.36. The zero-order valence-electron chi connectivity index (χ0n) is 26.4. The molecule has 4 rings (SSSR count). The fraction of sp³-hybridized carbons (Fsp3) is 0.143. The largest absolute Gasteiger partial charge is 0.497 e. The molecule has 4 N–H and O–H groups in total. The number of carbonyl (C=O) groups excluding carboxylic acids is 5. The van der Waals surface area contributed by atoms with Crippen molar-refractivity contribution in [3.63, 3.8) is 0 Å². The van der Waals surface area contributed by atoms with E-state index in [1.54, 1.807) is 24.3 Å². The summed E-state index contributed by atoms with van der Waals surface area (Å²) in [6.07, 6.45) is -4.65. The molecule has 252 valence electrons. The molecule has 14 nitrogen and oxygen atoms in total. The topological polar surface area (TPSA) is 196 Å². The molecule has 4 aromatic carbocycles. The van der Waals surface area contributed by atoms with E-state index < -0.39 is 41.9 Å². The zero-order valence-corrected chi connectivity index (χ0v) is 26.4. The number of esters is 2. The normalized spacial score (nSPS) is 11.6. The van der Waals surface area contributed by atoms with Gasteiger partial charge in [0.05, 0.1) is 25.3 Å². The monoisotopic (exact) mass is 669 g/mol. The average Bonchev–Trinajstić information content (AvgIpc) is 3.12. The molecular weight excluding hydrogens is 638 g/mol. The van der Waals surface area contributed by atoms with Gasteiger partial charge in [-0.15, -0.1) is 0 Å². The molecule has 0 heterocycles. The van der Waals surface area contributed by atoms with Gasteiger partial charge in [-0.2, -0.15) is 0 Å². The summed E-state index contributed by atoms with van der Waals surface area (Å²) in [5.74, 6) is -6.16. The molecular formula is C35H31N3O11. The van der Waals surface area contributed by atoms with Crippen molar-refractivity contribution >= 4 is 41.3 Å². The Morgan fingerprint density at radius 3 is 1.59 bits per heavy atom. The van der Waals surface area contributed by atoms with Gasteiger partial charge in [0.25, 0.3) is 17.7 Å². The Labute approximate surface area is 279 Å². The Morgan fingerprint density at radius 2 is 1.08 bits per heavy atom. The van der Waals surface area contributed by atoms with Gasteiger partial charge in [-0.3, -0.25) is 25.2 Å². The summed E-state index contributed by atoms with van der Waals surface area (Å²) in [6.45, 7) is 1.89. The van der Waals surface area contributed by atoms with Gasteiger partial charge in [0, 0.05) is 16.8 Å². The van der Waals surface area contributed by atoms with Crippen LogP contribution in [-0.4, -0.2) is 67.2 Å². The zero-order chi connectivity index (χ0) is 35.5. The van der Waals surface area contributed by atoms with E-state index in [2.05, 4.69) is 10.7 Å². The van der Waals surface area contributed by atoms with Gasteiger partial charge in [-0.25, -0.2) is 14.4 Å². The third-order valence-corrected chi connectivity index (χ3v) is 6.87. The highest BCUT2D eigenvalue weighted by atomic mass is 16.6. The molecule has 2 atom stereocenters. The number of hydrogen-bond acceptors (Lipinski definition) is 10. The van der Waals surface area contributed by atoms with Gasteiger partial charge >= 0.3 is 17.9 Å². The maximum Gasteiger partial charge on any atom is 0.349 e. The van der Waals surface area contributed by atoms with Crippen LogP contribution in [0.4, 0.5) is 5.69 Å². The van der Waals surface area contributed by atoms with E-state index in [9.17, 15) is 33.9 Å². The van der Waals surface area contributed by atoms with Crippen molar-refractivity contribution in [2.75, 3.05) is 19.5 Å². The van der Waals surface area contributed by atoms with Gasteiger partial charge in [0.2, 0.25) is 12.2 Å². The predicted octanol–water partition coefficient (Wildman–Crippen LogP) is 3.56. The number of methoxy groups -OCH3 is 2. The number of anilines is 1. The van der Waals surface area contributed by atoms with Gasteiger partial charge < -0.3 is 29.4 Å². The molecule has 49 heavy (non-hydrogen) atoms. The highest BCUT2D eigenvalue weighted by Gasteiger charge is 2.41. The molecule has 0 aliphatic carbocycles. The first kappa shape index (κ1) is 35.2. The van der Waals surface area contributed by atoms with Crippen LogP contribution < -0.4 is 25.6 Å². The van der Waals surface area contributed by atoms with E-state index in [4.69, 9.17) is 18.9 Å². The van der Waals surface area contributed by atoms with Crippen LogP contribution in [0.15, 0.2) is 97.1 Å². The first-order chi connectivity index (χ1) is 23.5. The molecule has 4 aromatic rings. The Morgan fingerprint density at radius 1 is 0.592 bits per heavy atom. The number of aliphatic carboxylic acids is 1. The summed E-state index contributed by atoms with van der Waals surface area (Å²) in [4.78, 5) is 76.9. The van der Waals surface area contributed by atoms with Crippen molar-refractivity contribution < 1.29 is 52.8 Å². The van der Waals surface area contributed by atoms with Crippen LogP contribution in [0, 0.1) is 6.92 Å². The quantitative estimate of drug-likeness (QED) is 0.127. The van der Waals surface area contributed by atoms with Crippen molar-refractivity contribution in [2.24, 2.45) is 0 Å². The fourth-order valence-corrected chi connectivity index (χ4v) is 4.24. The summed E-state index contributed by atoms with van der Waals surface area (Å²) in [5.41, 5.74) is 5.75. The van der Waals surface area contributed by atoms with E-state index in [1.165, 1.54) is 87.0 Å². The molecule has 0 aromatic heterocycles. The van der Waals surface area contributed by atoms with E-state index >= 15 is 0 Å². The van der Waals surface area contributed by atoms with Crippen LogP contribution in [0.5, 0.6) is 11.5 Å². The number of hydrazine groups is 1. The number of amides is 3. The molecule has 0 radical (unpaired) electrons. The number of carboxylic acid groups (broad SMARTS) is 1. The average molecular weight is 670 g/mol. The minimum absolute atomic E-state index is 0.0396. The van der Waals surface area contributed by atoms with Gasteiger partial charge in [-0.1, -0.05) is 29.8 Å². The number of carboxylic acids is 1. The highest BCUT2D eigenvalue weighted by molar-refractivity contribution is 6.05. The number of benzene rings is 4. The Kier molecular flexibility index (Phi) is 11.6. The molecule has 0 aliphatic rings. The van der Waals surface area contributed by atoms with Crippen molar-refractivity contribution in [3.8, 4) is 11.5 Å². The lowest BCUT2D eigenvalue weighted by Crippen LogP contribution is -2.54. The first-order valence-electron chi connectivity index (χ1n) is 14.5. The van der Waals surface area contributed by atoms with Crippen molar-refractivity contribution in [1.29, 1.82) is 0 Å². The number of hydrogen-bond donors (Lipinski definition) is 4. The summed E-state index contributed by atoms with van der Waals surface area (Å²) in [7, 11) is 2.72. The SMILES string of the molecule is COc1cccc(C(=O)O[C@H](C(=O)NNC(=O)c2ccc(NC(=O)c3ccc(C)cc3)cc2)[C@@H](OC(=O)c2cccc(OC)c2)C(=O)O)c1. The molecule has 0 unspecified atom stereocenters. The summed E-state index contributed by atoms with van der Waals surface area (Å²) in [5, 5.41) is 12.7. The van der Waals surface area contributed by atoms with Crippen LogP contribution in [0.2, 0.25) is 0 Å². The van der Waals surface area contributed by atoms with Crippen LogP contribution in [0.25, 0.3) is 0 Å².